The van der Waals surface area contributed by atoms with Crippen molar-refractivity contribution in [1.82, 2.24) is 9.38 Å². The van der Waals surface area contributed by atoms with Gasteiger partial charge >= 0.3 is 5.97 Å². The molecule has 0 bridgehead atoms. The predicted molar refractivity (Wildman–Crippen MR) is 64.1 cm³/mol. The van der Waals surface area contributed by atoms with Gasteiger partial charge in [-0.1, -0.05) is 12.0 Å². The molecule has 1 unspecified atom stereocenters. The summed E-state index contributed by atoms with van der Waals surface area (Å²) in [5.41, 5.74) is 0.652. The molecule has 0 aliphatic carbocycles. The van der Waals surface area contributed by atoms with Crippen molar-refractivity contribution in [3.63, 3.8) is 0 Å². The first-order valence-electron chi connectivity index (χ1n) is 5.06. The third-order valence-corrected chi connectivity index (χ3v) is 2.34. The van der Waals surface area contributed by atoms with E-state index in [0.717, 1.165) is 0 Å². The first-order valence-corrected chi connectivity index (χ1v) is 5.06. The van der Waals surface area contributed by atoms with Gasteiger partial charge in [-0.15, -0.1) is 6.42 Å². The Morgan fingerprint density at radius 3 is 3.06 bits per heavy atom. The maximum absolute atomic E-state index is 11.2. The van der Waals surface area contributed by atoms with Crippen molar-refractivity contribution < 1.29 is 9.90 Å². The predicted octanol–water partition coefficient (Wildman–Crippen LogP) is 1.47. The van der Waals surface area contributed by atoms with E-state index in [1.165, 1.54) is 4.40 Å². The summed E-state index contributed by atoms with van der Waals surface area (Å²) in [6.45, 7) is 1.76. The van der Waals surface area contributed by atoms with Gasteiger partial charge in [0.25, 0.3) is 0 Å². The highest BCUT2D eigenvalue weighted by Gasteiger charge is 2.18. The van der Waals surface area contributed by atoms with E-state index in [1.54, 1.807) is 31.3 Å². The lowest BCUT2D eigenvalue weighted by Crippen LogP contribution is -2.15. The molecule has 2 N–H and O–H groups in total. The van der Waals surface area contributed by atoms with Gasteiger partial charge in [0.05, 0.1) is 6.04 Å². The number of carboxylic acids is 1. The Hall–Kier alpha value is -2.48. The van der Waals surface area contributed by atoms with Crippen LogP contribution in [0.5, 0.6) is 0 Å². The standard InChI is InChI=1S/C12H11N3O2/c1-3-8(2)13-11-10(12(16)17)15-7-5-4-6-9(15)14-11/h1,4-8,13H,2H3,(H,16,17). The highest BCUT2D eigenvalue weighted by molar-refractivity contribution is 5.93. The highest BCUT2D eigenvalue weighted by Crippen LogP contribution is 2.18. The van der Waals surface area contributed by atoms with Crippen LogP contribution in [0.25, 0.3) is 5.65 Å². The number of aromatic nitrogens is 2. The lowest BCUT2D eigenvalue weighted by atomic mass is 10.3. The molecule has 2 aromatic rings. The van der Waals surface area contributed by atoms with Crippen LogP contribution >= 0.6 is 0 Å². The third-order valence-electron chi connectivity index (χ3n) is 2.34. The quantitative estimate of drug-likeness (QED) is 0.782. The second-order valence-corrected chi connectivity index (χ2v) is 3.58. The molecule has 2 aromatic heterocycles. The minimum absolute atomic E-state index is 0.0858. The number of nitrogens with zero attached hydrogens (tertiary/aromatic N) is 2. The van der Waals surface area contributed by atoms with E-state index in [2.05, 4.69) is 16.2 Å². The van der Waals surface area contributed by atoms with E-state index in [0.29, 0.717) is 5.65 Å². The minimum Gasteiger partial charge on any atom is -0.476 e. The van der Waals surface area contributed by atoms with Crippen LogP contribution in [0.2, 0.25) is 0 Å². The van der Waals surface area contributed by atoms with E-state index in [1.807, 2.05) is 0 Å². The second-order valence-electron chi connectivity index (χ2n) is 3.58. The third kappa shape index (κ3) is 1.93. The molecule has 5 nitrogen and oxygen atoms in total. The number of aromatic carboxylic acids is 1. The molecule has 0 aliphatic rings. The first-order chi connectivity index (χ1) is 8.13. The molecular weight excluding hydrogens is 218 g/mol. The van der Waals surface area contributed by atoms with Crippen LogP contribution in [0.15, 0.2) is 24.4 Å². The van der Waals surface area contributed by atoms with Gasteiger partial charge in [0.2, 0.25) is 0 Å². The number of hydrogen-bond acceptors (Lipinski definition) is 3. The zero-order valence-electron chi connectivity index (χ0n) is 9.21. The van der Waals surface area contributed by atoms with Crippen molar-refractivity contribution in [2.24, 2.45) is 0 Å². The van der Waals surface area contributed by atoms with Crippen molar-refractivity contribution in [2.45, 2.75) is 13.0 Å². The van der Waals surface area contributed by atoms with E-state index >= 15 is 0 Å². The Morgan fingerprint density at radius 2 is 2.41 bits per heavy atom. The van der Waals surface area contributed by atoms with Crippen molar-refractivity contribution in [3.05, 3.63) is 30.1 Å². The fourth-order valence-electron chi connectivity index (χ4n) is 1.55. The SMILES string of the molecule is C#CC(C)Nc1nc2ccccn2c1C(=O)O. The van der Waals surface area contributed by atoms with Crippen LogP contribution in [0.3, 0.4) is 0 Å². The molecule has 86 valence electrons. The summed E-state index contributed by atoms with van der Waals surface area (Å²) >= 11 is 0. The van der Waals surface area contributed by atoms with Gasteiger partial charge in [-0.25, -0.2) is 9.78 Å². The number of fused-ring (bicyclic) bond motifs is 1. The van der Waals surface area contributed by atoms with E-state index in [4.69, 9.17) is 6.42 Å². The summed E-state index contributed by atoms with van der Waals surface area (Å²) in [6.07, 6.45) is 6.90. The molecule has 0 radical (unpaired) electrons. The molecule has 2 heterocycles. The lowest BCUT2D eigenvalue weighted by molar-refractivity contribution is 0.0690. The molecule has 2 rings (SSSR count). The van der Waals surface area contributed by atoms with E-state index < -0.39 is 5.97 Å². The molecular formula is C12H11N3O2. The Labute approximate surface area is 98.1 Å². The summed E-state index contributed by atoms with van der Waals surface area (Å²) in [5, 5.41) is 12.1. The van der Waals surface area contributed by atoms with Gasteiger partial charge in [0.1, 0.15) is 5.65 Å². The molecule has 0 aliphatic heterocycles. The molecule has 0 amide bonds. The maximum atomic E-state index is 11.2. The second kappa shape index (κ2) is 4.18. The highest BCUT2D eigenvalue weighted by atomic mass is 16.4. The van der Waals surface area contributed by atoms with E-state index in [-0.39, 0.29) is 17.6 Å². The van der Waals surface area contributed by atoms with Crippen LogP contribution in [0.1, 0.15) is 17.4 Å². The number of terminal acetylenes is 1. The first kappa shape index (κ1) is 11.0. The molecule has 0 spiro atoms. The van der Waals surface area contributed by atoms with Gasteiger partial charge in [-0.2, -0.15) is 0 Å². The number of carboxylic acid groups (broad SMARTS) is 1. The number of imidazole rings is 1. The lowest BCUT2D eigenvalue weighted by Gasteiger charge is -2.06. The zero-order valence-corrected chi connectivity index (χ0v) is 9.21. The van der Waals surface area contributed by atoms with Gasteiger partial charge < -0.3 is 10.4 Å². The Kier molecular flexibility index (Phi) is 2.71. The number of carbonyl (C=O) groups is 1. The largest absolute Gasteiger partial charge is 0.476 e. The van der Waals surface area contributed by atoms with Crippen LogP contribution in [0, 0.1) is 12.3 Å². The number of pyridine rings is 1. The molecule has 0 aromatic carbocycles. The molecule has 1 atom stereocenters. The summed E-state index contributed by atoms with van der Waals surface area (Å²) in [7, 11) is 0. The van der Waals surface area contributed by atoms with Gasteiger partial charge in [-0.05, 0) is 19.1 Å². The average Bonchev–Trinajstić information content (AvgIpc) is 2.66. The number of nitrogens with one attached hydrogen (secondary N) is 1. The number of rotatable bonds is 3. The van der Waals surface area contributed by atoms with Crippen LogP contribution in [-0.2, 0) is 0 Å². The van der Waals surface area contributed by atoms with Crippen LogP contribution < -0.4 is 5.32 Å². The molecule has 0 saturated carbocycles. The van der Waals surface area contributed by atoms with Gasteiger partial charge in [-0.3, -0.25) is 4.40 Å². The average molecular weight is 229 g/mol. The topological polar surface area (TPSA) is 66.6 Å². The van der Waals surface area contributed by atoms with Crippen molar-refractivity contribution in [3.8, 4) is 12.3 Å². The summed E-state index contributed by atoms with van der Waals surface area (Å²) in [5.74, 6) is 1.71. The normalized spacial score (nSPS) is 12.0. The Morgan fingerprint density at radius 1 is 1.65 bits per heavy atom. The summed E-state index contributed by atoms with van der Waals surface area (Å²) in [4.78, 5) is 15.4. The van der Waals surface area contributed by atoms with Gasteiger partial charge in [0.15, 0.2) is 11.5 Å². The molecule has 0 fully saturated rings. The van der Waals surface area contributed by atoms with Crippen molar-refractivity contribution in [2.75, 3.05) is 5.32 Å². The number of anilines is 1. The van der Waals surface area contributed by atoms with E-state index in [9.17, 15) is 9.90 Å². The molecule has 17 heavy (non-hydrogen) atoms. The summed E-state index contributed by atoms with van der Waals surface area (Å²) in [6, 6.07) is 4.99. The molecule has 5 heteroatoms. The smallest absolute Gasteiger partial charge is 0.356 e. The van der Waals surface area contributed by atoms with Crippen molar-refractivity contribution in [1.29, 1.82) is 0 Å². The maximum Gasteiger partial charge on any atom is 0.356 e. The Balaban J connectivity index is 2.58. The Bertz CT molecular complexity index is 610. The number of hydrogen-bond donors (Lipinski definition) is 2. The monoisotopic (exact) mass is 229 g/mol. The van der Waals surface area contributed by atoms with Crippen LogP contribution in [0.4, 0.5) is 5.82 Å². The fraction of sp³-hybridized carbons (Fsp3) is 0.167. The summed E-state index contributed by atoms with van der Waals surface area (Å²) < 4.78 is 1.51. The van der Waals surface area contributed by atoms with Gasteiger partial charge in [0, 0.05) is 6.20 Å². The zero-order chi connectivity index (χ0) is 12.4. The molecule has 0 saturated heterocycles. The van der Waals surface area contributed by atoms with Crippen LogP contribution in [-0.4, -0.2) is 26.5 Å². The fourth-order valence-corrected chi connectivity index (χ4v) is 1.55. The minimum atomic E-state index is -1.05. The van der Waals surface area contributed by atoms with Crippen molar-refractivity contribution >= 4 is 17.4 Å².